The van der Waals surface area contributed by atoms with E-state index >= 15 is 0 Å². The number of rotatable bonds is 5. The molecule has 0 aliphatic heterocycles. The molecule has 0 fully saturated rings. The first-order valence-electron chi connectivity index (χ1n) is 6.06. The lowest BCUT2D eigenvalue weighted by Gasteiger charge is -2.09. The van der Waals surface area contributed by atoms with E-state index in [9.17, 15) is 8.42 Å². The van der Waals surface area contributed by atoms with E-state index in [0.29, 0.717) is 10.6 Å². The molecular formula is C14H13Cl2NO3S. The Kier molecular flexibility index (Phi) is 5.24. The average molecular weight is 346 g/mol. The van der Waals surface area contributed by atoms with Crippen molar-refractivity contribution in [3.63, 3.8) is 0 Å². The number of halogens is 2. The third kappa shape index (κ3) is 4.18. The summed E-state index contributed by atoms with van der Waals surface area (Å²) in [5, 5.41) is 9.83. The molecule has 0 spiro atoms. The van der Waals surface area contributed by atoms with Crippen molar-refractivity contribution in [2.24, 2.45) is 0 Å². The van der Waals surface area contributed by atoms with Crippen LogP contribution in [0.5, 0.6) is 0 Å². The van der Waals surface area contributed by atoms with E-state index in [1.807, 2.05) is 0 Å². The minimum Gasteiger partial charge on any atom is -0.392 e. The van der Waals surface area contributed by atoms with Gasteiger partial charge in [-0.15, -0.1) is 0 Å². The smallest absolute Gasteiger partial charge is 0.240 e. The van der Waals surface area contributed by atoms with Crippen molar-refractivity contribution in [1.82, 2.24) is 4.72 Å². The number of nitrogens with one attached hydrogen (secondary N) is 1. The minimum absolute atomic E-state index is 0.0543. The Hall–Kier alpha value is -1.11. The van der Waals surface area contributed by atoms with Gasteiger partial charge in [0.15, 0.2) is 0 Å². The molecule has 112 valence electrons. The third-order valence-electron chi connectivity index (χ3n) is 2.88. The van der Waals surface area contributed by atoms with Crippen LogP contribution in [-0.4, -0.2) is 13.5 Å². The number of benzene rings is 2. The van der Waals surface area contributed by atoms with Gasteiger partial charge in [-0.25, -0.2) is 13.1 Å². The van der Waals surface area contributed by atoms with Gasteiger partial charge in [0.1, 0.15) is 0 Å². The normalized spacial score (nSPS) is 11.6. The first-order valence-corrected chi connectivity index (χ1v) is 8.29. The largest absolute Gasteiger partial charge is 0.392 e. The van der Waals surface area contributed by atoms with Crippen LogP contribution in [0, 0.1) is 0 Å². The molecule has 0 bridgehead atoms. The molecule has 2 aromatic carbocycles. The highest BCUT2D eigenvalue weighted by Crippen LogP contribution is 2.21. The summed E-state index contributed by atoms with van der Waals surface area (Å²) in [4.78, 5) is 0.0543. The lowest BCUT2D eigenvalue weighted by Crippen LogP contribution is -2.23. The van der Waals surface area contributed by atoms with Gasteiger partial charge in [-0.2, -0.15) is 0 Å². The standard InChI is InChI=1S/C14H13Cl2NO3S/c15-12-4-1-10(2-5-12)8-17-21(19,20)13-6-3-11(9-18)14(16)7-13/h1-7,17-18H,8-9H2. The lowest BCUT2D eigenvalue weighted by molar-refractivity contribution is 0.282. The minimum atomic E-state index is -3.67. The molecule has 0 unspecified atom stereocenters. The summed E-state index contributed by atoms with van der Waals surface area (Å²) < 4.78 is 26.8. The van der Waals surface area contributed by atoms with Gasteiger partial charge in [-0.3, -0.25) is 0 Å². The number of hydrogen-bond donors (Lipinski definition) is 2. The van der Waals surface area contributed by atoms with Crippen molar-refractivity contribution in [1.29, 1.82) is 0 Å². The molecule has 2 rings (SSSR count). The van der Waals surface area contributed by atoms with Gasteiger partial charge < -0.3 is 5.11 Å². The highest BCUT2D eigenvalue weighted by Gasteiger charge is 2.15. The Balaban J connectivity index is 2.14. The summed E-state index contributed by atoms with van der Waals surface area (Å²) in [5.74, 6) is 0. The monoisotopic (exact) mass is 345 g/mol. The Morgan fingerprint density at radius 3 is 2.29 bits per heavy atom. The van der Waals surface area contributed by atoms with Crippen molar-refractivity contribution in [2.45, 2.75) is 18.0 Å². The summed E-state index contributed by atoms with van der Waals surface area (Å²) in [5.41, 5.74) is 1.27. The predicted octanol–water partition coefficient (Wildman–Crippen LogP) is 2.96. The summed E-state index contributed by atoms with van der Waals surface area (Å²) >= 11 is 11.7. The van der Waals surface area contributed by atoms with Gasteiger partial charge in [-0.05, 0) is 35.4 Å². The van der Waals surface area contributed by atoms with Crippen LogP contribution >= 0.6 is 23.2 Å². The lowest BCUT2D eigenvalue weighted by atomic mass is 10.2. The fourth-order valence-electron chi connectivity index (χ4n) is 1.69. The molecule has 0 heterocycles. The predicted molar refractivity (Wildman–Crippen MR) is 82.9 cm³/mol. The number of aliphatic hydroxyl groups is 1. The van der Waals surface area contributed by atoms with E-state index in [1.165, 1.54) is 18.2 Å². The zero-order valence-corrected chi connectivity index (χ0v) is 13.2. The molecule has 21 heavy (non-hydrogen) atoms. The first kappa shape index (κ1) is 16.3. The molecule has 0 aliphatic carbocycles. The summed E-state index contributed by atoms with van der Waals surface area (Å²) in [6.07, 6.45) is 0. The van der Waals surface area contributed by atoms with E-state index in [2.05, 4.69) is 4.72 Å². The van der Waals surface area contributed by atoms with Crippen molar-refractivity contribution in [2.75, 3.05) is 0 Å². The van der Waals surface area contributed by atoms with Gasteiger partial charge >= 0.3 is 0 Å². The van der Waals surface area contributed by atoms with Crippen molar-refractivity contribution in [3.05, 3.63) is 63.6 Å². The van der Waals surface area contributed by atoms with Crippen LogP contribution in [0.15, 0.2) is 47.4 Å². The van der Waals surface area contributed by atoms with Crippen LogP contribution in [0.25, 0.3) is 0 Å². The van der Waals surface area contributed by atoms with Crippen molar-refractivity contribution >= 4 is 33.2 Å². The maximum absolute atomic E-state index is 12.2. The zero-order valence-electron chi connectivity index (χ0n) is 10.9. The molecule has 0 saturated heterocycles. The fraction of sp³-hybridized carbons (Fsp3) is 0.143. The quantitative estimate of drug-likeness (QED) is 0.875. The number of aliphatic hydroxyl groups excluding tert-OH is 1. The van der Waals surface area contributed by atoms with Crippen LogP contribution in [0.1, 0.15) is 11.1 Å². The molecular weight excluding hydrogens is 333 g/mol. The van der Waals surface area contributed by atoms with Gasteiger partial charge in [0.25, 0.3) is 0 Å². The highest BCUT2D eigenvalue weighted by atomic mass is 35.5. The Bertz CT molecular complexity index is 730. The van der Waals surface area contributed by atoms with Crippen LogP contribution in [-0.2, 0) is 23.2 Å². The Labute approximate surface area is 133 Å². The van der Waals surface area contributed by atoms with Crippen LogP contribution in [0.3, 0.4) is 0 Å². The fourth-order valence-corrected chi connectivity index (χ4v) is 3.16. The van der Waals surface area contributed by atoms with E-state index in [1.54, 1.807) is 24.3 Å². The van der Waals surface area contributed by atoms with Gasteiger partial charge in [0.2, 0.25) is 10.0 Å². The third-order valence-corrected chi connectivity index (χ3v) is 4.89. The SMILES string of the molecule is O=S(=O)(NCc1ccc(Cl)cc1)c1ccc(CO)c(Cl)c1. The molecule has 0 saturated carbocycles. The second kappa shape index (κ2) is 6.77. The second-order valence-electron chi connectivity index (χ2n) is 4.36. The molecule has 2 N–H and O–H groups in total. The van der Waals surface area contributed by atoms with Gasteiger partial charge in [0.05, 0.1) is 11.5 Å². The molecule has 4 nitrogen and oxygen atoms in total. The van der Waals surface area contributed by atoms with E-state index < -0.39 is 10.0 Å². The molecule has 0 amide bonds. The average Bonchev–Trinajstić information content (AvgIpc) is 2.46. The summed E-state index contributed by atoms with van der Waals surface area (Å²) in [7, 11) is -3.67. The zero-order chi connectivity index (χ0) is 15.5. The maximum atomic E-state index is 12.2. The van der Waals surface area contributed by atoms with Crippen molar-refractivity contribution < 1.29 is 13.5 Å². The van der Waals surface area contributed by atoms with E-state index in [0.717, 1.165) is 5.56 Å². The van der Waals surface area contributed by atoms with Gasteiger partial charge in [0, 0.05) is 16.6 Å². The maximum Gasteiger partial charge on any atom is 0.240 e. The Morgan fingerprint density at radius 1 is 1.05 bits per heavy atom. The van der Waals surface area contributed by atoms with Crippen LogP contribution in [0.4, 0.5) is 0 Å². The topological polar surface area (TPSA) is 66.4 Å². The number of sulfonamides is 1. The number of hydrogen-bond acceptors (Lipinski definition) is 3. The summed E-state index contributed by atoms with van der Waals surface area (Å²) in [6.45, 7) is -0.0871. The second-order valence-corrected chi connectivity index (χ2v) is 6.97. The molecule has 0 aliphatic rings. The van der Waals surface area contributed by atoms with E-state index in [-0.39, 0.29) is 23.1 Å². The van der Waals surface area contributed by atoms with Gasteiger partial charge in [-0.1, -0.05) is 41.4 Å². The molecule has 0 radical (unpaired) electrons. The molecule has 0 aromatic heterocycles. The van der Waals surface area contributed by atoms with Crippen LogP contribution in [0.2, 0.25) is 10.0 Å². The molecule has 0 atom stereocenters. The Morgan fingerprint density at radius 2 is 1.71 bits per heavy atom. The molecule has 7 heteroatoms. The molecule has 2 aromatic rings. The van der Waals surface area contributed by atoms with Crippen LogP contribution < -0.4 is 4.72 Å². The van der Waals surface area contributed by atoms with E-state index in [4.69, 9.17) is 28.3 Å². The summed E-state index contributed by atoms with van der Waals surface area (Å²) in [6, 6.07) is 11.1. The highest BCUT2D eigenvalue weighted by molar-refractivity contribution is 7.89. The van der Waals surface area contributed by atoms with Crippen molar-refractivity contribution in [3.8, 4) is 0 Å². The first-order chi connectivity index (χ1) is 9.92.